The minimum Gasteiger partial charge on any atom is -0.376 e. The number of ether oxygens (including phenoxy) is 1. The van der Waals surface area contributed by atoms with Crippen molar-refractivity contribution in [1.29, 1.82) is 5.26 Å². The van der Waals surface area contributed by atoms with Gasteiger partial charge in [0, 0.05) is 19.7 Å². The van der Waals surface area contributed by atoms with Crippen LogP contribution in [0.2, 0.25) is 0 Å². The third-order valence-electron chi connectivity index (χ3n) is 3.36. The van der Waals surface area contributed by atoms with Crippen LogP contribution in [-0.4, -0.2) is 30.8 Å². The quantitative estimate of drug-likeness (QED) is 0.815. The molecule has 102 valence electrons. The van der Waals surface area contributed by atoms with Crippen molar-refractivity contribution in [2.75, 3.05) is 24.6 Å². The Morgan fingerprint density at radius 3 is 3.05 bits per heavy atom. The Kier molecular flexibility index (Phi) is 5.17. The fraction of sp³-hybridized carbons (Fsp3) is 0.600. The van der Waals surface area contributed by atoms with Crippen molar-refractivity contribution >= 4 is 5.82 Å². The molecule has 1 aliphatic heterocycles. The van der Waals surface area contributed by atoms with Gasteiger partial charge in [-0.3, -0.25) is 0 Å². The predicted molar refractivity (Wildman–Crippen MR) is 75.0 cm³/mol. The van der Waals surface area contributed by atoms with Crippen LogP contribution in [0.1, 0.15) is 38.3 Å². The molecule has 0 amide bonds. The fourth-order valence-electron chi connectivity index (χ4n) is 2.43. The van der Waals surface area contributed by atoms with Crippen molar-refractivity contribution in [2.45, 2.75) is 38.7 Å². The molecule has 0 bridgehead atoms. The molecule has 0 radical (unpaired) electrons. The van der Waals surface area contributed by atoms with Crippen molar-refractivity contribution in [3.8, 4) is 6.07 Å². The van der Waals surface area contributed by atoms with Crippen LogP contribution in [-0.2, 0) is 4.74 Å². The number of nitriles is 1. The summed E-state index contributed by atoms with van der Waals surface area (Å²) < 4.78 is 5.80. The minimum atomic E-state index is 0.299. The molecule has 1 aliphatic rings. The van der Waals surface area contributed by atoms with Crippen LogP contribution in [0, 0.1) is 11.3 Å². The Balaban J connectivity index is 2.07. The van der Waals surface area contributed by atoms with Gasteiger partial charge in [0.2, 0.25) is 0 Å². The zero-order chi connectivity index (χ0) is 13.5. The summed E-state index contributed by atoms with van der Waals surface area (Å²) in [6, 6.07) is 7.71. The average Bonchev–Trinajstić information content (AvgIpc) is 2.48. The molecule has 0 saturated carbocycles. The van der Waals surface area contributed by atoms with Crippen molar-refractivity contribution in [1.82, 2.24) is 4.98 Å². The molecular weight excluding hydrogens is 238 g/mol. The van der Waals surface area contributed by atoms with E-state index in [0.29, 0.717) is 11.8 Å². The Labute approximate surface area is 115 Å². The van der Waals surface area contributed by atoms with E-state index in [1.165, 1.54) is 12.8 Å². The summed E-state index contributed by atoms with van der Waals surface area (Å²) >= 11 is 0. The summed E-state index contributed by atoms with van der Waals surface area (Å²) in [5.74, 6) is 0.884. The van der Waals surface area contributed by atoms with Gasteiger partial charge in [0.15, 0.2) is 0 Å². The Bertz CT molecular complexity index is 435. The van der Waals surface area contributed by atoms with Crippen LogP contribution < -0.4 is 4.90 Å². The topological polar surface area (TPSA) is 49.1 Å². The average molecular weight is 259 g/mol. The first-order valence-electron chi connectivity index (χ1n) is 7.07. The maximum Gasteiger partial charge on any atom is 0.142 e. The molecule has 1 fully saturated rings. The lowest BCUT2D eigenvalue weighted by atomic mass is 10.1. The van der Waals surface area contributed by atoms with E-state index >= 15 is 0 Å². The molecule has 0 spiro atoms. The molecule has 19 heavy (non-hydrogen) atoms. The molecule has 1 aromatic heterocycles. The maximum atomic E-state index is 8.94. The number of anilines is 1. The standard InChI is InChI=1S/C15H21N3O/c1-2-9-18(12-14-7-3-4-10-19-14)15-8-5-6-13(11-16)17-15/h5-6,8,14H,2-4,7,9-10,12H2,1H3. The van der Waals surface area contributed by atoms with Gasteiger partial charge in [-0.2, -0.15) is 5.26 Å². The monoisotopic (exact) mass is 259 g/mol. The van der Waals surface area contributed by atoms with E-state index in [0.717, 1.165) is 38.4 Å². The van der Waals surface area contributed by atoms with Crippen molar-refractivity contribution in [3.05, 3.63) is 23.9 Å². The number of nitrogens with zero attached hydrogens (tertiary/aromatic N) is 3. The highest BCUT2D eigenvalue weighted by Gasteiger charge is 2.18. The first kappa shape index (κ1) is 13.8. The van der Waals surface area contributed by atoms with Crippen molar-refractivity contribution in [2.24, 2.45) is 0 Å². The first-order valence-corrected chi connectivity index (χ1v) is 7.07. The van der Waals surface area contributed by atoms with E-state index in [1.807, 2.05) is 12.1 Å². The van der Waals surface area contributed by atoms with E-state index in [4.69, 9.17) is 10.00 Å². The molecule has 4 nitrogen and oxygen atoms in total. The lowest BCUT2D eigenvalue weighted by Gasteiger charge is -2.30. The summed E-state index contributed by atoms with van der Waals surface area (Å²) in [5, 5.41) is 8.94. The second-order valence-electron chi connectivity index (χ2n) is 4.93. The summed E-state index contributed by atoms with van der Waals surface area (Å²) in [4.78, 5) is 6.62. The van der Waals surface area contributed by atoms with Gasteiger partial charge in [0.25, 0.3) is 0 Å². The molecule has 0 N–H and O–H groups in total. The third kappa shape index (κ3) is 3.93. The summed E-state index contributed by atoms with van der Waals surface area (Å²) in [5.41, 5.74) is 0.475. The largest absolute Gasteiger partial charge is 0.376 e. The minimum absolute atomic E-state index is 0.299. The van der Waals surface area contributed by atoms with Gasteiger partial charge < -0.3 is 9.64 Å². The number of rotatable bonds is 5. The molecule has 0 aliphatic carbocycles. The molecule has 1 saturated heterocycles. The molecule has 4 heteroatoms. The van der Waals surface area contributed by atoms with Crippen LogP contribution in [0.4, 0.5) is 5.82 Å². The number of pyridine rings is 1. The molecular formula is C15H21N3O. The van der Waals surface area contributed by atoms with Gasteiger partial charge in [0.1, 0.15) is 17.6 Å². The van der Waals surface area contributed by atoms with Crippen molar-refractivity contribution in [3.63, 3.8) is 0 Å². The first-order chi connectivity index (χ1) is 9.33. The van der Waals surface area contributed by atoms with Gasteiger partial charge in [0.05, 0.1) is 6.10 Å². The van der Waals surface area contributed by atoms with Gasteiger partial charge in [-0.1, -0.05) is 13.0 Å². The maximum absolute atomic E-state index is 8.94. The second-order valence-corrected chi connectivity index (χ2v) is 4.93. The molecule has 2 rings (SSSR count). The van der Waals surface area contributed by atoms with E-state index in [2.05, 4.69) is 22.9 Å². The lowest BCUT2D eigenvalue weighted by molar-refractivity contribution is 0.0209. The van der Waals surface area contributed by atoms with Crippen LogP contribution >= 0.6 is 0 Å². The zero-order valence-corrected chi connectivity index (χ0v) is 11.5. The van der Waals surface area contributed by atoms with Gasteiger partial charge in [-0.05, 0) is 37.8 Å². The third-order valence-corrected chi connectivity index (χ3v) is 3.36. The SMILES string of the molecule is CCCN(CC1CCCCO1)c1cccc(C#N)n1. The molecule has 1 unspecified atom stereocenters. The number of hydrogen-bond acceptors (Lipinski definition) is 4. The second kappa shape index (κ2) is 7.10. The number of hydrogen-bond donors (Lipinski definition) is 0. The van der Waals surface area contributed by atoms with E-state index in [9.17, 15) is 0 Å². The molecule has 1 atom stereocenters. The Hall–Kier alpha value is -1.60. The smallest absolute Gasteiger partial charge is 0.142 e. The highest BCUT2D eigenvalue weighted by Crippen LogP contribution is 2.18. The summed E-state index contributed by atoms with van der Waals surface area (Å²) in [6.07, 6.45) is 4.90. The van der Waals surface area contributed by atoms with Crippen LogP contribution in [0.25, 0.3) is 0 Å². The van der Waals surface area contributed by atoms with Crippen LogP contribution in [0.3, 0.4) is 0 Å². The van der Waals surface area contributed by atoms with Gasteiger partial charge >= 0.3 is 0 Å². The lowest BCUT2D eigenvalue weighted by Crippen LogP contribution is -2.36. The number of aromatic nitrogens is 1. The molecule has 1 aromatic rings. The van der Waals surface area contributed by atoms with Gasteiger partial charge in [-0.25, -0.2) is 4.98 Å². The highest BCUT2D eigenvalue weighted by molar-refractivity contribution is 5.41. The summed E-state index contributed by atoms with van der Waals surface area (Å²) in [7, 11) is 0. The highest BCUT2D eigenvalue weighted by atomic mass is 16.5. The Morgan fingerprint density at radius 2 is 2.37 bits per heavy atom. The summed E-state index contributed by atoms with van der Waals surface area (Å²) in [6.45, 7) is 4.84. The van der Waals surface area contributed by atoms with Gasteiger partial charge in [-0.15, -0.1) is 0 Å². The zero-order valence-electron chi connectivity index (χ0n) is 11.5. The predicted octanol–water partition coefficient (Wildman–Crippen LogP) is 2.74. The molecule has 0 aromatic carbocycles. The normalized spacial score (nSPS) is 18.8. The van der Waals surface area contributed by atoms with Crippen LogP contribution in [0.5, 0.6) is 0 Å². The van der Waals surface area contributed by atoms with Crippen LogP contribution in [0.15, 0.2) is 18.2 Å². The Morgan fingerprint density at radius 1 is 1.47 bits per heavy atom. The fourth-order valence-corrected chi connectivity index (χ4v) is 2.43. The van der Waals surface area contributed by atoms with E-state index < -0.39 is 0 Å². The van der Waals surface area contributed by atoms with E-state index in [-0.39, 0.29) is 0 Å². The van der Waals surface area contributed by atoms with E-state index in [1.54, 1.807) is 6.07 Å². The molecule has 2 heterocycles. The van der Waals surface area contributed by atoms with Crippen molar-refractivity contribution < 1.29 is 4.74 Å².